The SMILES string of the molecule is CSCCC(N)c1cc(Br)ccc1C. The van der Waals surface area contributed by atoms with Crippen molar-refractivity contribution >= 4 is 27.7 Å². The maximum absolute atomic E-state index is 6.12. The molecule has 1 rings (SSSR count). The first-order chi connectivity index (χ1) is 6.65. The molecule has 0 aromatic heterocycles. The number of aryl methyl sites for hydroxylation is 1. The van der Waals surface area contributed by atoms with Gasteiger partial charge in [-0.15, -0.1) is 0 Å². The van der Waals surface area contributed by atoms with Gasteiger partial charge in [0.05, 0.1) is 0 Å². The van der Waals surface area contributed by atoms with E-state index < -0.39 is 0 Å². The zero-order valence-electron chi connectivity index (χ0n) is 8.59. The van der Waals surface area contributed by atoms with Gasteiger partial charge in [-0.25, -0.2) is 0 Å². The van der Waals surface area contributed by atoms with Crippen molar-refractivity contribution < 1.29 is 0 Å². The van der Waals surface area contributed by atoms with Gasteiger partial charge in [-0.2, -0.15) is 11.8 Å². The standard InChI is InChI=1S/C11H16BrNS/c1-8-3-4-9(12)7-10(8)11(13)5-6-14-2/h3-4,7,11H,5-6,13H2,1-2H3. The summed E-state index contributed by atoms with van der Waals surface area (Å²) in [6.45, 7) is 2.11. The summed E-state index contributed by atoms with van der Waals surface area (Å²) in [4.78, 5) is 0. The van der Waals surface area contributed by atoms with Crippen LogP contribution in [0, 0.1) is 6.92 Å². The molecule has 1 atom stereocenters. The second-order valence-electron chi connectivity index (χ2n) is 3.39. The Labute approximate surface area is 98.6 Å². The van der Waals surface area contributed by atoms with Gasteiger partial charge < -0.3 is 5.73 Å². The lowest BCUT2D eigenvalue weighted by Crippen LogP contribution is -2.12. The van der Waals surface area contributed by atoms with Gasteiger partial charge in [-0.1, -0.05) is 22.0 Å². The fourth-order valence-corrected chi connectivity index (χ4v) is 2.28. The number of thioether (sulfide) groups is 1. The molecule has 0 spiro atoms. The van der Waals surface area contributed by atoms with Crippen LogP contribution in [0.3, 0.4) is 0 Å². The van der Waals surface area contributed by atoms with E-state index >= 15 is 0 Å². The van der Waals surface area contributed by atoms with E-state index in [9.17, 15) is 0 Å². The number of rotatable bonds is 4. The van der Waals surface area contributed by atoms with E-state index in [4.69, 9.17) is 5.73 Å². The third kappa shape index (κ3) is 3.30. The number of nitrogens with two attached hydrogens (primary N) is 1. The van der Waals surface area contributed by atoms with Crippen molar-refractivity contribution in [1.29, 1.82) is 0 Å². The molecule has 2 N–H and O–H groups in total. The van der Waals surface area contributed by atoms with Gasteiger partial charge in [0.2, 0.25) is 0 Å². The highest BCUT2D eigenvalue weighted by Crippen LogP contribution is 2.23. The summed E-state index contributed by atoms with van der Waals surface area (Å²) in [5, 5.41) is 0. The number of benzene rings is 1. The topological polar surface area (TPSA) is 26.0 Å². The summed E-state index contributed by atoms with van der Waals surface area (Å²) in [7, 11) is 0. The van der Waals surface area contributed by atoms with Crippen LogP contribution in [0.2, 0.25) is 0 Å². The molecule has 0 aliphatic heterocycles. The van der Waals surface area contributed by atoms with Crippen LogP contribution in [-0.4, -0.2) is 12.0 Å². The lowest BCUT2D eigenvalue weighted by atomic mass is 10.0. The number of hydrogen-bond acceptors (Lipinski definition) is 2. The monoisotopic (exact) mass is 273 g/mol. The van der Waals surface area contributed by atoms with Crippen LogP contribution >= 0.6 is 27.7 Å². The minimum atomic E-state index is 0.167. The molecule has 0 amide bonds. The third-order valence-corrected chi connectivity index (χ3v) is 3.41. The van der Waals surface area contributed by atoms with E-state index in [2.05, 4.69) is 47.3 Å². The van der Waals surface area contributed by atoms with Crippen LogP contribution in [0.5, 0.6) is 0 Å². The molecular weight excluding hydrogens is 258 g/mol. The molecule has 1 aromatic rings. The lowest BCUT2D eigenvalue weighted by Gasteiger charge is -2.14. The Morgan fingerprint density at radius 1 is 1.50 bits per heavy atom. The minimum absolute atomic E-state index is 0.167. The minimum Gasteiger partial charge on any atom is -0.324 e. The predicted octanol–water partition coefficient (Wildman–Crippen LogP) is 3.51. The van der Waals surface area contributed by atoms with Crippen molar-refractivity contribution in [3.8, 4) is 0 Å². The molecule has 0 aliphatic carbocycles. The number of halogens is 1. The van der Waals surface area contributed by atoms with Crippen molar-refractivity contribution in [3.05, 3.63) is 33.8 Å². The maximum Gasteiger partial charge on any atom is 0.0305 e. The smallest absolute Gasteiger partial charge is 0.0305 e. The Hall–Kier alpha value is 0.01000. The maximum atomic E-state index is 6.12. The van der Waals surface area contributed by atoms with Gasteiger partial charge >= 0.3 is 0 Å². The molecule has 3 heteroatoms. The Kier molecular flexibility index (Phi) is 4.99. The van der Waals surface area contributed by atoms with Crippen LogP contribution in [0.15, 0.2) is 22.7 Å². The molecule has 0 bridgehead atoms. The molecule has 1 nitrogen and oxygen atoms in total. The molecule has 14 heavy (non-hydrogen) atoms. The fraction of sp³-hybridized carbons (Fsp3) is 0.455. The molecule has 1 aromatic carbocycles. The average Bonchev–Trinajstić information content (AvgIpc) is 2.18. The van der Waals surface area contributed by atoms with Crippen LogP contribution in [0.25, 0.3) is 0 Å². The van der Waals surface area contributed by atoms with Crippen molar-refractivity contribution in [3.63, 3.8) is 0 Å². The van der Waals surface area contributed by atoms with Gasteiger partial charge in [0, 0.05) is 10.5 Å². The summed E-state index contributed by atoms with van der Waals surface area (Å²) in [6, 6.07) is 6.46. The number of hydrogen-bond donors (Lipinski definition) is 1. The summed E-state index contributed by atoms with van der Waals surface area (Å²) in [5.74, 6) is 1.12. The summed E-state index contributed by atoms with van der Waals surface area (Å²) >= 11 is 5.31. The molecule has 0 radical (unpaired) electrons. The largest absolute Gasteiger partial charge is 0.324 e. The first-order valence-electron chi connectivity index (χ1n) is 4.65. The van der Waals surface area contributed by atoms with E-state index in [0.29, 0.717) is 0 Å². The van der Waals surface area contributed by atoms with Gasteiger partial charge in [0.1, 0.15) is 0 Å². The molecule has 0 aliphatic rings. The Morgan fingerprint density at radius 2 is 2.21 bits per heavy atom. The van der Waals surface area contributed by atoms with Crippen molar-refractivity contribution in [2.75, 3.05) is 12.0 Å². The van der Waals surface area contributed by atoms with E-state index in [1.807, 2.05) is 11.8 Å². The second kappa shape index (κ2) is 5.79. The molecule has 0 heterocycles. The van der Waals surface area contributed by atoms with Gasteiger partial charge in [-0.05, 0) is 48.6 Å². The van der Waals surface area contributed by atoms with E-state index in [-0.39, 0.29) is 6.04 Å². The first kappa shape index (κ1) is 12.1. The highest BCUT2D eigenvalue weighted by atomic mass is 79.9. The van der Waals surface area contributed by atoms with Crippen LogP contribution in [-0.2, 0) is 0 Å². The molecule has 0 saturated carbocycles. The van der Waals surface area contributed by atoms with Crippen LogP contribution in [0.1, 0.15) is 23.6 Å². The van der Waals surface area contributed by atoms with Crippen LogP contribution < -0.4 is 5.73 Å². The summed E-state index contributed by atoms with van der Waals surface area (Å²) in [5.41, 5.74) is 8.65. The Bertz CT molecular complexity index is 301. The molecular formula is C11H16BrNS. The normalized spacial score (nSPS) is 12.9. The zero-order valence-corrected chi connectivity index (χ0v) is 11.0. The van der Waals surface area contributed by atoms with Crippen molar-refractivity contribution in [1.82, 2.24) is 0 Å². The molecule has 1 unspecified atom stereocenters. The zero-order chi connectivity index (χ0) is 10.6. The first-order valence-corrected chi connectivity index (χ1v) is 6.84. The van der Waals surface area contributed by atoms with E-state index in [1.54, 1.807) is 0 Å². The Morgan fingerprint density at radius 3 is 2.86 bits per heavy atom. The molecule has 78 valence electrons. The molecule has 0 saturated heterocycles. The van der Waals surface area contributed by atoms with Crippen molar-refractivity contribution in [2.45, 2.75) is 19.4 Å². The highest BCUT2D eigenvalue weighted by Gasteiger charge is 2.08. The highest BCUT2D eigenvalue weighted by molar-refractivity contribution is 9.10. The Balaban J connectivity index is 2.77. The second-order valence-corrected chi connectivity index (χ2v) is 5.29. The van der Waals surface area contributed by atoms with Gasteiger partial charge in [0.15, 0.2) is 0 Å². The van der Waals surface area contributed by atoms with Gasteiger partial charge in [-0.3, -0.25) is 0 Å². The van der Waals surface area contributed by atoms with Crippen molar-refractivity contribution in [2.24, 2.45) is 5.73 Å². The third-order valence-electron chi connectivity index (χ3n) is 2.27. The average molecular weight is 274 g/mol. The summed E-state index contributed by atoms with van der Waals surface area (Å²) < 4.78 is 1.11. The van der Waals surface area contributed by atoms with Crippen LogP contribution in [0.4, 0.5) is 0 Å². The van der Waals surface area contributed by atoms with E-state index in [1.165, 1.54) is 11.1 Å². The molecule has 0 fully saturated rings. The quantitative estimate of drug-likeness (QED) is 0.909. The lowest BCUT2D eigenvalue weighted by molar-refractivity contribution is 0.700. The van der Waals surface area contributed by atoms with Gasteiger partial charge in [0.25, 0.3) is 0 Å². The fourth-order valence-electron chi connectivity index (χ4n) is 1.41. The summed E-state index contributed by atoms with van der Waals surface area (Å²) in [6.07, 6.45) is 3.15. The van der Waals surface area contributed by atoms with E-state index in [0.717, 1.165) is 16.6 Å². The predicted molar refractivity (Wildman–Crippen MR) is 68.8 cm³/mol.